The van der Waals surface area contributed by atoms with Crippen LogP contribution in [0, 0.1) is 0 Å². The fourth-order valence-electron chi connectivity index (χ4n) is 0.737. The van der Waals surface area contributed by atoms with Crippen LogP contribution in [-0.4, -0.2) is 31.0 Å². The van der Waals surface area contributed by atoms with E-state index in [0.29, 0.717) is 5.96 Å². The van der Waals surface area contributed by atoms with Crippen LogP contribution in [0.25, 0.3) is 0 Å². The Kier molecular flexibility index (Phi) is 4.72. The summed E-state index contributed by atoms with van der Waals surface area (Å²) >= 11 is 0. The van der Waals surface area contributed by atoms with Crippen LogP contribution < -0.4 is 5.73 Å². The molecule has 1 aliphatic heterocycles. The first kappa shape index (κ1) is 9.27. The number of guanidine groups is 1. The van der Waals surface area contributed by atoms with Crippen LogP contribution in [-0.2, 0) is 0 Å². The van der Waals surface area contributed by atoms with Crippen molar-refractivity contribution in [1.29, 1.82) is 0 Å². The van der Waals surface area contributed by atoms with Crippen molar-refractivity contribution in [3.8, 4) is 0 Å². The third kappa shape index (κ3) is 2.71. The molecule has 0 aromatic rings. The van der Waals surface area contributed by atoms with Gasteiger partial charge in [0.05, 0.1) is 0 Å². The monoisotopic (exact) mass is 143 g/mol. The van der Waals surface area contributed by atoms with E-state index in [1.54, 1.807) is 0 Å². The highest BCUT2D eigenvalue weighted by atomic mass is 15.2. The number of rotatable bonds is 0. The Balaban J connectivity index is 0.000000371. The molecule has 3 heteroatoms. The molecule has 0 spiro atoms. The number of aliphatic imine (C=N–C) groups is 1. The molecule has 1 heterocycles. The summed E-state index contributed by atoms with van der Waals surface area (Å²) in [6.07, 6.45) is 1.14. The van der Waals surface area contributed by atoms with Gasteiger partial charge in [-0.1, -0.05) is 13.8 Å². The third-order valence-electron chi connectivity index (χ3n) is 1.32. The first-order valence-electron chi connectivity index (χ1n) is 3.82. The van der Waals surface area contributed by atoms with E-state index in [0.717, 1.165) is 19.5 Å². The maximum Gasteiger partial charge on any atom is 0.190 e. The molecule has 0 unspecified atom stereocenters. The minimum atomic E-state index is 0.677. The molecule has 0 aromatic carbocycles. The van der Waals surface area contributed by atoms with Gasteiger partial charge in [-0.15, -0.1) is 0 Å². The standard InChI is InChI=1S/C5H11N3.C2H6/c1-8-4-2-3-7-5(8)6;1-2/h2-4H2,1H3,(H2,6,7);1-2H3. The second-order valence-electron chi connectivity index (χ2n) is 2.02. The van der Waals surface area contributed by atoms with E-state index in [2.05, 4.69) is 4.99 Å². The van der Waals surface area contributed by atoms with Crippen LogP contribution in [0.3, 0.4) is 0 Å². The summed E-state index contributed by atoms with van der Waals surface area (Å²) in [4.78, 5) is 5.99. The average Bonchev–Trinajstić information content (AvgIpc) is 2.00. The molecule has 1 rings (SSSR count). The van der Waals surface area contributed by atoms with Crippen LogP contribution in [0.1, 0.15) is 20.3 Å². The Bertz CT molecular complexity index is 109. The Hall–Kier alpha value is -0.730. The second kappa shape index (κ2) is 5.09. The van der Waals surface area contributed by atoms with Crippen LogP contribution >= 0.6 is 0 Å². The summed E-state index contributed by atoms with van der Waals surface area (Å²) in [5, 5.41) is 0. The highest BCUT2D eigenvalue weighted by Crippen LogP contribution is 1.94. The lowest BCUT2D eigenvalue weighted by atomic mass is 10.4. The first-order valence-corrected chi connectivity index (χ1v) is 3.82. The van der Waals surface area contributed by atoms with Crippen molar-refractivity contribution in [3.63, 3.8) is 0 Å². The van der Waals surface area contributed by atoms with Crippen LogP contribution in [0.4, 0.5) is 0 Å². The minimum absolute atomic E-state index is 0.677. The number of nitrogens with zero attached hydrogens (tertiary/aromatic N) is 2. The van der Waals surface area contributed by atoms with Crippen LogP contribution in [0.5, 0.6) is 0 Å². The molecule has 0 saturated carbocycles. The van der Waals surface area contributed by atoms with Crippen molar-refractivity contribution >= 4 is 5.96 Å². The topological polar surface area (TPSA) is 41.6 Å². The quantitative estimate of drug-likeness (QED) is 0.541. The third-order valence-corrected chi connectivity index (χ3v) is 1.32. The zero-order valence-electron chi connectivity index (χ0n) is 7.09. The average molecular weight is 143 g/mol. The molecule has 0 atom stereocenters. The van der Waals surface area contributed by atoms with Gasteiger partial charge in [-0.25, -0.2) is 0 Å². The van der Waals surface area contributed by atoms with Gasteiger partial charge in [-0.2, -0.15) is 0 Å². The summed E-state index contributed by atoms with van der Waals surface area (Å²) in [6.45, 7) is 5.95. The van der Waals surface area contributed by atoms with Crippen molar-refractivity contribution in [3.05, 3.63) is 0 Å². The van der Waals surface area contributed by atoms with Gasteiger partial charge in [-0.3, -0.25) is 4.99 Å². The summed E-state index contributed by atoms with van der Waals surface area (Å²) in [6, 6.07) is 0. The highest BCUT2D eigenvalue weighted by molar-refractivity contribution is 5.78. The Morgan fingerprint density at radius 1 is 1.50 bits per heavy atom. The molecule has 0 aliphatic carbocycles. The fourth-order valence-corrected chi connectivity index (χ4v) is 0.737. The van der Waals surface area contributed by atoms with E-state index >= 15 is 0 Å². The normalized spacial score (nSPS) is 17.1. The molecule has 60 valence electrons. The van der Waals surface area contributed by atoms with Crippen molar-refractivity contribution in [2.24, 2.45) is 10.7 Å². The Labute approximate surface area is 62.9 Å². The summed E-state index contributed by atoms with van der Waals surface area (Å²) < 4.78 is 0. The zero-order chi connectivity index (χ0) is 7.98. The number of hydrogen-bond acceptors (Lipinski definition) is 3. The van der Waals surface area contributed by atoms with E-state index in [4.69, 9.17) is 5.73 Å². The smallest absolute Gasteiger partial charge is 0.190 e. The van der Waals surface area contributed by atoms with Gasteiger partial charge in [0.25, 0.3) is 0 Å². The second-order valence-corrected chi connectivity index (χ2v) is 2.02. The molecular weight excluding hydrogens is 126 g/mol. The number of hydrogen-bond donors (Lipinski definition) is 1. The van der Waals surface area contributed by atoms with Crippen molar-refractivity contribution in [1.82, 2.24) is 4.90 Å². The molecule has 1 aliphatic rings. The van der Waals surface area contributed by atoms with Crippen LogP contribution in [0.15, 0.2) is 4.99 Å². The van der Waals surface area contributed by atoms with Gasteiger partial charge in [0.1, 0.15) is 0 Å². The van der Waals surface area contributed by atoms with Crippen molar-refractivity contribution in [2.75, 3.05) is 20.1 Å². The van der Waals surface area contributed by atoms with E-state index in [1.165, 1.54) is 0 Å². The lowest BCUT2D eigenvalue weighted by Gasteiger charge is -2.20. The van der Waals surface area contributed by atoms with Gasteiger partial charge in [0.15, 0.2) is 5.96 Å². The van der Waals surface area contributed by atoms with Gasteiger partial charge in [0, 0.05) is 20.1 Å². The van der Waals surface area contributed by atoms with Gasteiger partial charge >= 0.3 is 0 Å². The summed E-state index contributed by atoms with van der Waals surface area (Å²) in [5.74, 6) is 0.677. The SMILES string of the molecule is CC.CN1CCCN=C1N. The molecule has 0 aromatic heterocycles. The highest BCUT2D eigenvalue weighted by Gasteiger charge is 2.04. The lowest BCUT2D eigenvalue weighted by molar-refractivity contribution is 0.461. The molecule has 3 nitrogen and oxygen atoms in total. The van der Waals surface area contributed by atoms with Gasteiger partial charge < -0.3 is 10.6 Å². The molecule has 0 saturated heterocycles. The predicted molar refractivity (Wildman–Crippen MR) is 45.1 cm³/mol. The van der Waals surface area contributed by atoms with E-state index in [1.807, 2.05) is 25.8 Å². The van der Waals surface area contributed by atoms with E-state index < -0.39 is 0 Å². The Morgan fingerprint density at radius 2 is 2.10 bits per heavy atom. The van der Waals surface area contributed by atoms with Crippen molar-refractivity contribution in [2.45, 2.75) is 20.3 Å². The number of nitrogens with two attached hydrogens (primary N) is 1. The van der Waals surface area contributed by atoms with Gasteiger partial charge in [0.2, 0.25) is 0 Å². The molecule has 0 fully saturated rings. The summed E-state index contributed by atoms with van der Waals surface area (Å²) in [7, 11) is 1.96. The maximum atomic E-state index is 5.45. The first-order chi connectivity index (χ1) is 4.80. The predicted octanol–water partition coefficient (Wildman–Crippen LogP) is 0.663. The molecule has 10 heavy (non-hydrogen) atoms. The zero-order valence-corrected chi connectivity index (χ0v) is 7.09. The minimum Gasteiger partial charge on any atom is -0.370 e. The molecule has 0 radical (unpaired) electrons. The molecule has 2 N–H and O–H groups in total. The van der Waals surface area contributed by atoms with E-state index in [9.17, 15) is 0 Å². The largest absolute Gasteiger partial charge is 0.370 e. The molecule has 0 bridgehead atoms. The van der Waals surface area contributed by atoms with Crippen molar-refractivity contribution < 1.29 is 0 Å². The molecule has 0 amide bonds. The maximum absolute atomic E-state index is 5.45. The van der Waals surface area contributed by atoms with Gasteiger partial charge in [-0.05, 0) is 6.42 Å². The molecular formula is C7H17N3. The lowest BCUT2D eigenvalue weighted by Crippen LogP contribution is -2.37. The summed E-state index contributed by atoms with van der Waals surface area (Å²) in [5.41, 5.74) is 5.45. The van der Waals surface area contributed by atoms with E-state index in [-0.39, 0.29) is 0 Å². The Morgan fingerprint density at radius 3 is 2.40 bits per heavy atom. The van der Waals surface area contributed by atoms with Crippen LogP contribution in [0.2, 0.25) is 0 Å². The fraction of sp³-hybridized carbons (Fsp3) is 0.857.